The Kier molecular flexibility index (Phi) is 5.82. The Labute approximate surface area is 179 Å². The van der Waals surface area contributed by atoms with Crippen molar-refractivity contribution in [3.63, 3.8) is 0 Å². The van der Waals surface area contributed by atoms with Crippen LogP contribution in [-0.2, 0) is 22.5 Å². The molecule has 28 heavy (non-hydrogen) atoms. The number of thiazole rings is 1. The molecule has 0 N–H and O–H groups in total. The van der Waals surface area contributed by atoms with Crippen LogP contribution in [0.5, 0.6) is 0 Å². The van der Waals surface area contributed by atoms with Gasteiger partial charge in [0.05, 0.1) is 0 Å². The predicted octanol–water partition coefficient (Wildman–Crippen LogP) is 4.62. The summed E-state index contributed by atoms with van der Waals surface area (Å²) in [6.45, 7) is 12.5. The zero-order valence-electron chi connectivity index (χ0n) is 17.3. The maximum absolute atomic E-state index is 12.8. The number of ether oxygens (including phenoxy) is 1. The molecule has 0 saturated carbocycles. The summed E-state index contributed by atoms with van der Waals surface area (Å²) in [5.74, 6) is 0. The van der Waals surface area contributed by atoms with Gasteiger partial charge in [-0.25, -0.2) is 9.78 Å². The van der Waals surface area contributed by atoms with Crippen molar-refractivity contribution in [2.24, 2.45) is 9.81 Å². The second-order valence-corrected chi connectivity index (χ2v) is 13.0. The Hall–Kier alpha value is -0.830. The first-order valence-corrected chi connectivity index (χ1v) is 11.8. The number of likely N-dealkylation sites (tertiary alicyclic amines) is 1. The summed E-state index contributed by atoms with van der Waals surface area (Å²) < 4.78 is 23.0. The van der Waals surface area contributed by atoms with Gasteiger partial charge in [0, 0.05) is 23.4 Å². The molecule has 1 amide bonds. The predicted molar refractivity (Wildman–Crippen MR) is 115 cm³/mol. The van der Waals surface area contributed by atoms with E-state index >= 15 is 0 Å². The van der Waals surface area contributed by atoms with Crippen LogP contribution in [0.15, 0.2) is 4.40 Å². The van der Waals surface area contributed by atoms with Crippen LogP contribution in [0.25, 0.3) is 0 Å². The summed E-state index contributed by atoms with van der Waals surface area (Å²) in [4.78, 5) is 19.7. The summed E-state index contributed by atoms with van der Waals surface area (Å²) in [7, 11) is 0. The van der Waals surface area contributed by atoms with Crippen LogP contribution in [0.3, 0.4) is 0 Å². The number of carbonyl (C=O) groups is 1. The lowest BCUT2D eigenvalue weighted by Gasteiger charge is -2.39. The minimum Gasteiger partial charge on any atom is -0.591 e. The van der Waals surface area contributed by atoms with Crippen LogP contribution in [0.4, 0.5) is 4.79 Å². The van der Waals surface area contributed by atoms with Crippen molar-refractivity contribution >= 4 is 46.1 Å². The Balaban J connectivity index is 1.84. The summed E-state index contributed by atoms with van der Waals surface area (Å²) in [6, 6.07) is 0. The molecule has 1 aromatic rings. The van der Waals surface area contributed by atoms with Gasteiger partial charge in [-0.2, -0.15) is 0 Å². The quantitative estimate of drug-likeness (QED) is 0.591. The standard InChI is InChI=1S/C19H28ClN3O3S2/c1-17(2,3)26-16(24)23-9-7-19(8-10-23)11-12-13(21-15(20)27-12)14(19)22-28(25)18(4,5)6/h7-11H2,1-6H3/b22-14-. The lowest BCUT2D eigenvalue weighted by atomic mass is 9.75. The first-order chi connectivity index (χ1) is 12.8. The highest BCUT2D eigenvalue weighted by molar-refractivity contribution is 7.91. The first-order valence-electron chi connectivity index (χ1n) is 9.45. The monoisotopic (exact) mass is 445 g/mol. The van der Waals surface area contributed by atoms with E-state index in [1.807, 2.05) is 41.5 Å². The van der Waals surface area contributed by atoms with Crippen molar-refractivity contribution in [1.29, 1.82) is 0 Å². The number of halogens is 1. The number of rotatable bonds is 1. The van der Waals surface area contributed by atoms with Crippen LogP contribution in [0.1, 0.15) is 65.0 Å². The lowest BCUT2D eigenvalue weighted by molar-refractivity contribution is 0.0159. The van der Waals surface area contributed by atoms with Gasteiger partial charge < -0.3 is 14.2 Å². The van der Waals surface area contributed by atoms with E-state index in [2.05, 4.69) is 9.38 Å². The van der Waals surface area contributed by atoms with Gasteiger partial charge in [0.25, 0.3) is 0 Å². The number of aromatic nitrogens is 1. The maximum Gasteiger partial charge on any atom is 0.410 e. The summed E-state index contributed by atoms with van der Waals surface area (Å²) in [5.41, 5.74) is 0.833. The maximum atomic E-state index is 12.8. The Morgan fingerprint density at radius 2 is 1.89 bits per heavy atom. The highest BCUT2D eigenvalue weighted by Crippen LogP contribution is 2.48. The molecule has 1 atom stereocenters. The van der Waals surface area contributed by atoms with Gasteiger partial charge in [-0.1, -0.05) is 16.0 Å². The summed E-state index contributed by atoms with van der Waals surface area (Å²) in [5, 5.41) is 0. The molecule has 2 heterocycles. The molecule has 1 fully saturated rings. The van der Waals surface area contributed by atoms with E-state index in [0.29, 0.717) is 17.6 Å². The van der Waals surface area contributed by atoms with E-state index in [9.17, 15) is 9.35 Å². The molecule has 1 aliphatic heterocycles. The van der Waals surface area contributed by atoms with Crippen molar-refractivity contribution < 1.29 is 14.1 Å². The molecule has 6 nitrogen and oxygen atoms in total. The van der Waals surface area contributed by atoms with Gasteiger partial charge in [0.15, 0.2) is 4.47 Å². The van der Waals surface area contributed by atoms with Gasteiger partial charge in [0.2, 0.25) is 0 Å². The molecule has 0 radical (unpaired) electrons. The van der Waals surface area contributed by atoms with E-state index in [1.165, 1.54) is 11.3 Å². The second-order valence-electron chi connectivity index (χ2n) is 9.46. The number of fused-ring (bicyclic) bond motifs is 1. The van der Waals surface area contributed by atoms with Crippen molar-refractivity contribution in [2.45, 2.75) is 71.2 Å². The fraction of sp³-hybridized carbons (Fsp3) is 0.737. The molecule has 0 aromatic carbocycles. The number of hydrogen-bond donors (Lipinski definition) is 0. The Morgan fingerprint density at radius 3 is 2.43 bits per heavy atom. The van der Waals surface area contributed by atoms with Gasteiger partial charge in [-0.15, -0.1) is 11.3 Å². The molecule has 0 bridgehead atoms. The normalized spacial score (nSPS) is 21.9. The van der Waals surface area contributed by atoms with Crippen LogP contribution in [0.2, 0.25) is 4.47 Å². The van der Waals surface area contributed by atoms with E-state index in [-0.39, 0.29) is 11.5 Å². The summed E-state index contributed by atoms with van der Waals surface area (Å²) in [6.07, 6.45) is 1.99. The fourth-order valence-corrected chi connectivity index (χ4v) is 5.50. The van der Waals surface area contributed by atoms with Crippen molar-refractivity contribution in [2.75, 3.05) is 13.1 Å². The van der Waals surface area contributed by atoms with Crippen molar-refractivity contribution in [3.8, 4) is 0 Å². The summed E-state index contributed by atoms with van der Waals surface area (Å²) >= 11 is 6.22. The number of nitrogens with zero attached hydrogens (tertiary/aromatic N) is 3. The molecular formula is C19H28ClN3O3S2. The number of amides is 1. The fourth-order valence-electron chi connectivity index (χ4n) is 3.49. The van der Waals surface area contributed by atoms with Gasteiger partial charge in [0.1, 0.15) is 33.1 Å². The largest absolute Gasteiger partial charge is 0.591 e. The molecular weight excluding hydrogens is 418 g/mol. The van der Waals surface area contributed by atoms with Crippen LogP contribution < -0.4 is 0 Å². The molecule has 1 saturated heterocycles. The van der Waals surface area contributed by atoms with Gasteiger partial charge >= 0.3 is 6.09 Å². The van der Waals surface area contributed by atoms with E-state index in [4.69, 9.17) is 16.3 Å². The average Bonchev–Trinajstić information content (AvgIpc) is 3.00. The van der Waals surface area contributed by atoms with Gasteiger partial charge in [-0.3, -0.25) is 0 Å². The molecule has 2 aliphatic rings. The number of carbonyl (C=O) groups excluding carboxylic acids is 1. The smallest absolute Gasteiger partial charge is 0.410 e. The SMILES string of the molecule is CC(C)(C)OC(=O)N1CCC2(CC1)Cc1sc(Cl)nc1/C2=N/[S+]([O-])C(C)(C)C. The zero-order chi connectivity index (χ0) is 20.9. The highest BCUT2D eigenvalue weighted by Gasteiger charge is 2.50. The third-order valence-electron chi connectivity index (χ3n) is 4.97. The lowest BCUT2D eigenvalue weighted by Crippen LogP contribution is -2.47. The minimum atomic E-state index is -1.38. The molecule has 1 spiro atoms. The molecule has 3 rings (SSSR count). The van der Waals surface area contributed by atoms with E-state index in [1.54, 1.807) is 4.90 Å². The van der Waals surface area contributed by atoms with E-state index in [0.717, 1.165) is 35.5 Å². The molecule has 9 heteroatoms. The Bertz CT molecular complexity index is 787. The van der Waals surface area contributed by atoms with Crippen LogP contribution in [0, 0.1) is 5.41 Å². The van der Waals surface area contributed by atoms with Crippen LogP contribution in [-0.4, -0.2) is 49.7 Å². The van der Waals surface area contributed by atoms with Crippen molar-refractivity contribution in [3.05, 3.63) is 15.0 Å². The minimum absolute atomic E-state index is 0.238. The molecule has 1 aromatic heterocycles. The van der Waals surface area contributed by atoms with E-state index < -0.39 is 21.7 Å². The average molecular weight is 446 g/mol. The van der Waals surface area contributed by atoms with Crippen molar-refractivity contribution in [1.82, 2.24) is 9.88 Å². The number of piperidine rings is 1. The van der Waals surface area contributed by atoms with Crippen LogP contribution >= 0.6 is 22.9 Å². The highest BCUT2D eigenvalue weighted by atomic mass is 35.5. The third-order valence-corrected chi connectivity index (χ3v) is 7.52. The topological polar surface area (TPSA) is 77.8 Å². The number of hydrogen-bond acceptors (Lipinski definition) is 6. The van der Waals surface area contributed by atoms with Gasteiger partial charge in [-0.05, 0) is 60.8 Å². The molecule has 1 unspecified atom stereocenters. The molecule has 1 aliphatic carbocycles. The molecule has 156 valence electrons. The zero-order valence-corrected chi connectivity index (χ0v) is 19.7. The third kappa shape index (κ3) is 4.50. The Morgan fingerprint density at radius 1 is 1.29 bits per heavy atom. The first kappa shape index (κ1) is 21.9. The second kappa shape index (κ2) is 7.45.